The maximum atomic E-state index is 13.8. The molecule has 0 aliphatic carbocycles. The predicted molar refractivity (Wildman–Crippen MR) is 127 cm³/mol. The molecule has 3 aromatic heterocycles. The zero-order chi connectivity index (χ0) is 22.2. The van der Waals surface area contributed by atoms with Crippen molar-refractivity contribution in [3.63, 3.8) is 0 Å². The van der Waals surface area contributed by atoms with Gasteiger partial charge in [0.2, 0.25) is 0 Å². The van der Waals surface area contributed by atoms with E-state index in [9.17, 15) is 4.79 Å². The summed E-state index contributed by atoms with van der Waals surface area (Å²) in [5, 5.41) is 1.69. The van der Waals surface area contributed by atoms with Crippen LogP contribution in [-0.4, -0.2) is 31.0 Å². The van der Waals surface area contributed by atoms with E-state index in [0.29, 0.717) is 18.7 Å². The van der Waals surface area contributed by atoms with Gasteiger partial charge in [0.05, 0.1) is 23.9 Å². The lowest BCUT2D eigenvalue weighted by Crippen LogP contribution is -2.30. The first-order valence-electron chi connectivity index (χ1n) is 10.7. The van der Waals surface area contributed by atoms with Crippen molar-refractivity contribution in [2.24, 2.45) is 0 Å². The van der Waals surface area contributed by atoms with Crippen LogP contribution < -0.4 is 10.5 Å². The molecular weight excluding hydrogens is 400 g/mol. The Morgan fingerprint density at radius 3 is 2.62 bits per heavy atom. The fourth-order valence-corrected chi connectivity index (χ4v) is 4.30. The third-order valence-electron chi connectivity index (χ3n) is 5.92. The molecule has 0 amide bonds. The fraction of sp³-hybridized carbons (Fsp3) is 0.200. The molecule has 160 valence electrons. The molecule has 5 aromatic rings. The van der Waals surface area contributed by atoms with Crippen molar-refractivity contribution >= 4 is 27.8 Å². The van der Waals surface area contributed by atoms with Crippen LogP contribution in [0, 0.1) is 13.8 Å². The first kappa shape index (κ1) is 19.9. The molecule has 7 nitrogen and oxygen atoms in total. The highest BCUT2D eigenvalue weighted by Gasteiger charge is 2.19. The van der Waals surface area contributed by atoms with Gasteiger partial charge in [0.1, 0.15) is 11.8 Å². The van der Waals surface area contributed by atoms with Crippen LogP contribution in [0.2, 0.25) is 0 Å². The summed E-state index contributed by atoms with van der Waals surface area (Å²) >= 11 is 0. The number of aryl methyl sites for hydroxylation is 2. The van der Waals surface area contributed by atoms with E-state index in [4.69, 9.17) is 0 Å². The predicted octanol–water partition coefficient (Wildman–Crippen LogP) is 4.30. The third kappa shape index (κ3) is 3.22. The maximum Gasteiger partial charge on any atom is 0.263 e. The largest absolute Gasteiger partial charge is 0.349 e. The van der Waals surface area contributed by atoms with Crippen LogP contribution >= 0.6 is 0 Å². The maximum absolute atomic E-state index is 13.8. The highest BCUT2D eigenvalue weighted by molar-refractivity contribution is 5.86. The summed E-state index contributed by atoms with van der Waals surface area (Å²) in [6.07, 6.45) is 3.16. The van der Waals surface area contributed by atoms with Crippen LogP contribution in [0.25, 0.3) is 27.6 Å². The topological polar surface area (TPSA) is 79.7 Å². The van der Waals surface area contributed by atoms with Gasteiger partial charge in [0, 0.05) is 12.2 Å². The molecule has 0 saturated heterocycles. The average Bonchev–Trinajstić information content (AvgIpc) is 3.27. The third-order valence-corrected chi connectivity index (χ3v) is 5.92. The van der Waals surface area contributed by atoms with Crippen LogP contribution in [0.3, 0.4) is 0 Å². The molecule has 0 fully saturated rings. The van der Waals surface area contributed by atoms with Gasteiger partial charge in [-0.05, 0) is 49.4 Å². The molecule has 0 aliphatic rings. The monoisotopic (exact) mass is 424 g/mol. The number of H-pyrrole nitrogens is 1. The van der Waals surface area contributed by atoms with Crippen molar-refractivity contribution < 1.29 is 0 Å². The quantitative estimate of drug-likeness (QED) is 0.455. The van der Waals surface area contributed by atoms with Crippen LogP contribution in [0.5, 0.6) is 0 Å². The molecule has 2 aromatic carbocycles. The van der Waals surface area contributed by atoms with Gasteiger partial charge in [0.25, 0.3) is 5.56 Å². The van der Waals surface area contributed by atoms with Gasteiger partial charge in [-0.2, -0.15) is 0 Å². The second kappa shape index (κ2) is 7.92. The zero-order valence-electron chi connectivity index (χ0n) is 18.3. The van der Waals surface area contributed by atoms with Crippen molar-refractivity contribution in [2.75, 3.05) is 11.4 Å². The second-order valence-electron chi connectivity index (χ2n) is 7.91. The highest BCUT2D eigenvalue weighted by atomic mass is 16.1. The summed E-state index contributed by atoms with van der Waals surface area (Å²) in [6, 6.07) is 16.1. The number of hydrogen-bond donors (Lipinski definition) is 1. The minimum Gasteiger partial charge on any atom is -0.349 e. The molecule has 1 N–H and O–H groups in total. The van der Waals surface area contributed by atoms with E-state index in [2.05, 4.69) is 37.8 Å². The number of nitrogens with zero attached hydrogens (tertiary/aromatic N) is 5. The van der Waals surface area contributed by atoms with Crippen LogP contribution in [0.1, 0.15) is 23.7 Å². The molecule has 0 aliphatic heterocycles. The van der Waals surface area contributed by atoms with Gasteiger partial charge in [-0.3, -0.25) is 9.36 Å². The Labute approximate surface area is 185 Å². The van der Waals surface area contributed by atoms with E-state index < -0.39 is 0 Å². The number of benzene rings is 2. The lowest BCUT2D eigenvalue weighted by Gasteiger charge is -2.25. The highest BCUT2D eigenvalue weighted by Crippen LogP contribution is 2.25. The summed E-state index contributed by atoms with van der Waals surface area (Å²) in [4.78, 5) is 32.1. The summed E-state index contributed by atoms with van der Waals surface area (Å²) in [5.74, 6) is 0.742. The number of aromatic nitrogens is 5. The van der Waals surface area contributed by atoms with Crippen molar-refractivity contribution in [3.8, 4) is 5.69 Å². The molecule has 7 heteroatoms. The number of hydrogen-bond acceptors (Lipinski definition) is 5. The Morgan fingerprint density at radius 1 is 1.00 bits per heavy atom. The number of rotatable bonds is 5. The average molecular weight is 425 g/mol. The Bertz CT molecular complexity index is 1500. The Balaban J connectivity index is 1.74. The fourth-order valence-electron chi connectivity index (χ4n) is 4.30. The molecular formula is C25H24N6O. The molecule has 5 rings (SSSR count). The number of nitrogens with one attached hydrogen (secondary N) is 1. The smallest absolute Gasteiger partial charge is 0.263 e. The molecule has 3 heterocycles. The molecule has 0 unspecified atom stereocenters. The van der Waals surface area contributed by atoms with Gasteiger partial charge in [0.15, 0.2) is 11.5 Å². The summed E-state index contributed by atoms with van der Waals surface area (Å²) < 4.78 is 1.84. The van der Waals surface area contributed by atoms with E-state index in [-0.39, 0.29) is 5.56 Å². The van der Waals surface area contributed by atoms with Gasteiger partial charge in [-0.1, -0.05) is 36.4 Å². The lowest BCUT2D eigenvalue weighted by molar-refractivity contribution is 0.761. The van der Waals surface area contributed by atoms with Crippen LogP contribution in [0.4, 0.5) is 5.82 Å². The first-order valence-corrected chi connectivity index (χ1v) is 10.7. The summed E-state index contributed by atoms with van der Waals surface area (Å²) in [7, 11) is 0. The number of pyridine rings is 1. The Morgan fingerprint density at radius 2 is 1.81 bits per heavy atom. The summed E-state index contributed by atoms with van der Waals surface area (Å²) in [5.41, 5.74) is 5.21. The van der Waals surface area contributed by atoms with Crippen molar-refractivity contribution in [1.29, 1.82) is 0 Å². The van der Waals surface area contributed by atoms with Crippen LogP contribution in [0.15, 0.2) is 66.0 Å². The Hall–Kier alpha value is -4.00. The minimum absolute atomic E-state index is 0.00597. The molecule has 0 bridgehead atoms. The van der Waals surface area contributed by atoms with Gasteiger partial charge in [-0.25, -0.2) is 15.0 Å². The van der Waals surface area contributed by atoms with Gasteiger partial charge < -0.3 is 9.88 Å². The number of aromatic amines is 1. The first-order chi connectivity index (χ1) is 15.6. The van der Waals surface area contributed by atoms with E-state index >= 15 is 0 Å². The standard InChI is InChI=1S/C25H24N6O/c1-4-30(24-22-23(27-14-26-22)28-15-29-24)13-19-12-18-10-7-9-17(3)21(18)25(32)31(19)20-11-6-5-8-16(20)2/h5-12,14-15H,4,13H2,1-3H3,(H,26,27,28,29). The SMILES string of the molecule is CCN(Cc1cc2cccc(C)c2c(=O)n1-c1ccccc1C)c1ncnc2[nH]cnc12. The number of fused-ring (bicyclic) bond motifs is 2. The van der Waals surface area contributed by atoms with E-state index in [1.54, 1.807) is 6.33 Å². The van der Waals surface area contributed by atoms with Gasteiger partial charge in [-0.15, -0.1) is 0 Å². The van der Waals surface area contributed by atoms with Crippen molar-refractivity contribution in [2.45, 2.75) is 27.3 Å². The van der Waals surface area contributed by atoms with Crippen molar-refractivity contribution in [3.05, 3.63) is 88.4 Å². The molecule has 32 heavy (non-hydrogen) atoms. The molecule has 0 saturated carbocycles. The zero-order valence-corrected chi connectivity index (χ0v) is 18.3. The second-order valence-corrected chi connectivity index (χ2v) is 7.91. The van der Waals surface area contributed by atoms with Crippen LogP contribution in [-0.2, 0) is 6.54 Å². The van der Waals surface area contributed by atoms with E-state index in [0.717, 1.165) is 44.6 Å². The molecule has 0 atom stereocenters. The van der Waals surface area contributed by atoms with Crippen molar-refractivity contribution in [1.82, 2.24) is 24.5 Å². The lowest BCUT2D eigenvalue weighted by atomic mass is 10.0. The van der Waals surface area contributed by atoms with E-state index in [1.807, 2.05) is 60.9 Å². The normalized spacial score (nSPS) is 11.3. The Kier molecular flexibility index (Phi) is 4.93. The van der Waals surface area contributed by atoms with E-state index in [1.165, 1.54) is 6.33 Å². The number of para-hydroxylation sites is 1. The molecule has 0 radical (unpaired) electrons. The van der Waals surface area contributed by atoms with Gasteiger partial charge >= 0.3 is 0 Å². The minimum atomic E-state index is -0.00597. The number of anilines is 1. The molecule has 0 spiro atoms. The summed E-state index contributed by atoms with van der Waals surface area (Å²) in [6.45, 7) is 7.29. The number of imidazole rings is 1.